The number of hydrogen-bond acceptors (Lipinski definition) is 7. The van der Waals surface area contributed by atoms with Crippen molar-refractivity contribution in [3.63, 3.8) is 0 Å². The van der Waals surface area contributed by atoms with Gasteiger partial charge in [-0.2, -0.15) is 0 Å². The Morgan fingerprint density at radius 1 is 1.06 bits per heavy atom. The number of aliphatic hydroxyl groups excluding tert-OH is 4. The number of nitrogens with two attached hydrogens (primary N) is 1. The maximum atomic E-state index is 9.18. The predicted molar refractivity (Wildman–Crippen MR) is 52.2 cm³/mol. The van der Waals surface area contributed by atoms with Crippen LogP contribution in [0.25, 0.3) is 0 Å². The molecule has 0 unspecified atom stereocenters. The van der Waals surface area contributed by atoms with Crippen molar-refractivity contribution in [2.45, 2.75) is 30.6 Å². The number of rotatable bonds is 1. The van der Waals surface area contributed by atoms with Crippen molar-refractivity contribution in [3.05, 3.63) is 0 Å². The van der Waals surface area contributed by atoms with Gasteiger partial charge in [0.2, 0.25) is 0 Å². The maximum absolute atomic E-state index is 9.18. The van der Waals surface area contributed by atoms with Crippen LogP contribution >= 0.6 is 7.82 Å². The number of phosphoric acid groups is 1. The third kappa shape index (κ3) is 6.38. The summed E-state index contributed by atoms with van der Waals surface area (Å²) in [5.41, 5.74) is 5.24. The van der Waals surface area contributed by atoms with Gasteiger partial charge in [0, 0.05) is 0 Å². The topological polar surface area (TPSA) is 194 Å². The Bertz CT molecular complexity index is 257. The second-order valence-electron chi connectivity index (χ2n) is 3.31. The molecule has 0 bridgehead atoms. The van der Waals surface area contributed by atoms with Gasteiger partial charge in [-0.25, -0.2) is 4.57 Å². The standard InChI is InChI=1S/C6H13NO5.H3O4P/c7-6-5(11)4(10)3(9)2(1-8)12-6;1-5(2,3)4/h2-6,8-11H,1,7H2;(H3,1,2,3,4)/t2-,3-,4+,5-,6+;/m1./s1. The first-order valence-corrected chi connectivity index (χ1v) is 5.98. The van der Waals surface area contributed by atoms with Gasteiger partial charge < -0.3 is 45.6 Å². The molecular weight excluding hydrogens is 261 g/mol. The van der Waals surface area contributed by atoms with Crippen molar-refractivity contribution in [2.24, 2.45) is 5.73 Å². The molecule has 0 aromatic carbocycles. The highest BCUT2D eigenvalue weighted by Gasteiger charge is 2.41. The molecule has 0 amide bonds. The summed E-state index contributed by atoms with van der Waals surface area (Å²) in [5, 5.41) is 36.1. The van der Waals surface area contributed by atoms with Crippen LogP contribution < -0.4 is 5.73 Å². The highest BCUT2D eigenvalue weighted by atomic mass is 31.2. The molecule has 0 radical (unpaired) electrons. The van der Waals surface area contributed by atoms with E-state index in [1.54, 1.807) is 0 Å². The average Bonchev–Trinajstić information content (AvgIpc) is 2.18. The third-order valence-electron chi connectivity index (χ3n) is 1.93. The van der Waals surface area contributed by atoms with Crippen molar-refractivity contribution in [2.75, 3.05) is 6.61 Å². The second kappa shape index (κ2) is 6.71. The minimum atomic E-state index is -4.64. The summed E-state index contributed by atoms with van der Waals surface area (Å²) < 4.78 is 13.7. The Labute approximate surface area is 96.1 Å². The van der Waals surface area contributed by atoms with Crippen molar-refractivity contribution < 1.29 is 44.4 Å². The van der Waals surface area contributed by atoms with E-state index < -0.39 is 45.1 Å². The Balaban J connectivity index is 0.000000437. The molecule has 1 saturated heterocycles. The first-order valence-electron chi connectivity index (χ1n) is 4.42. The maximum Gasteiger partial charge on any atom is 0.466 e. The zero-order valence-corrected chi connectivity index (χ0v) is 9.46. The van der Waals surface area contributed by atoms with E-state index in [4.69, 9.17) is 45.0 Å². The lowest BCUT2D eigenvalue weighted by molar-refractivity contribution is -0.227. The van der Waals surface area contributed by atoms with Gasteiger partial charge in [0.1, 0.15) is 30.6 Å². The number of ether oxygens (including phenoxy) is 1. The lowest BCUT2D eigenvalue weighted by atomic mass is 9.99. The molecule has 10 nitrogen and oxygen atoms in total. The van der Waals surface area contributed by atoms with Gasteiger partial charge in [-0.05, 0) is 0 Å². The first kappa shape index (κ1) is 16.9. The van der Waals surface area contributed by atoms with Crippen molar-refractivity contribution in [3.8, 4) is 0 Å². The molecule has 11 heteroatoms. The van der Waals surface area contributed by atoms with Gasteiger partial charge in [0.15, 0.2) is 0 Å². The quantitative estimate of drug-likeness (QED) is 0.218. The zero-order chi connectivity index (χ0) is 13.8. The fraction of sp³-hybridized carbons (Fsp3) is 1.00. The third-order valence-corrected chi connectivity index (χ3v) is 1.93. The van der Waals surface area contributed by atoms with Gasteiger partial charge in [-0.1, -0.05) is 0 Å². The van der Waals surface area contributed by atoms with Crippen LogP contribution in [0.1, 0.15) is 0 Å². The Hall–Kier alpha value is -0.130. The molecule has 0 aromatic heterocycles. The lowest BCUT2D eigenvalue weighted by Crippen LogP contribution is -2.61. The number of aliphatic hydroxyl groups is 4. The van der Waals surface area contributed by atoms with E-state index in [-0.39, 0.29) is 0 Å². The highest BCUT2D eigenvalue weighted by Crippen LogP contribution is 2.25. The fourth-order valence-corrected chi connectivity index (χ4v) is 1.13. The van der Waals surface area contributed by atoms with Gasteiger partial charge in [-0.3, -0.25) is 0 Å². The van der Waals surface area contributed by atoms with E-state index in [9.17, 15) is 5.11 Å². The van der Waals surface area contributed by atoms with Gasteiger partial charge in [-0.15, -0.1) is 0 Å². The molecule has 0 spiro atoms. The van der Waals surface area contributed by atoms with E-state index >= 15 is 0 Å². The van der Waals surface area contributed by atoms with Crippen LogP contribution in [0.4, 0.5) is 0 Å². The van der Waals surface area contributed by atoms with Gasteiger partial charge >= 0.3 is 7.82 Å². The second-order valence-corrected chi connectivity index (χ2v) is 4.33. The van der Waals surface area contributed by atoms with E-state index in [0.717, 1.165) is 0 Å². The van der Waals surface area contributed by atoms with E-state index in [1.807, 2.05) is 0 Å². The van der Waals surface area contributed by atoms with Crippen LogP contribution in [0.5, 0.6) is 0 Å². The van der Waals surface area contributed by atoms with Crippen LogP contribution in [0.15, 0.2) is 0 Å². The summed E-state index contributed by atoms with van der Waals surface area (Å²) in [7, 11) is -4.64. The Morgan fingerprint density at radius 3 is 1.82 bits per heavy atom. The fourth-order valence-electron chi connectivity index (χ4n) is 1.13. The molecule has 0 aliphatic carbocycles. The van der Waals surface area contributed by atoms with Crippen LogP contribution in [-0.2, 0) is 9.30 Å². The highest BCUT2D eigenvalue weighted by molar-refractivity contribution is 7.45. The average molecular weight is 277 g/mol. The molecule has 5 atom stereocenters. The van der Waals surface area contributed by atoms with E-state index in [2.05, 4.69) is 0 Å². The molecule has 1 aliphatic heterocycles. The van der Waals surface area contributed by atoms with Crippen molar-refractivity contribution in [1.29, 1.82) is 0 Å². The van der Waals surface area contributed by atoms with Crippen molar-refractivity contribution in [1.82, 2.24) is 0 Å². The SMILES string of the molecule is N[C@H]1O[C@H](CO)[C@@H](O)[C@H](O)[C@H]1O.O=P(O)(O)O. The predicted octanol–water partition coefficient (Wildman–Crippen LogP) is -4.18. The van der Waals surface area contributed by atoms with E-state index in [0.29, 0.717) is 0 Å². The van der Waals surface area contributed by atoms with Crippen LogP contribution in [0.3, 0.4) is 0 Å². The molecule has 1 heterocycles. The smallest absolute Gasteiger partial charge is 0.394 e. The normalized spacial score (nSPS) is 38.2. The lowest BCUT2D eigenvalue weighted by Gasteiger charge is -2.38. The molecule has 0 saturated carbocycles. The van der Waals surface area contributed by atoms with Gasteiger partial charge in [0.05, 0.1) is 6.61 Å². The largest absolute Gasteiger partial charge is 0.466 e. The summed E-state index contributed by atoms with van der Waals surface area (Å²) in [6, 6.07) is 0. The molecule has 1 aliphatic rings. The van der Waals surface area contributed by atoms with Gasteiger partial charge in [0.25, 0.3) is 0 Å². The monoisotopic (exact) mass is 277 g/mol. The zero-order valence-electron chi connectivity index (χ0n) is 8.57. The summed E-state index contributed by atoms with van der Waals surface area (Å²) in [6.45, 7) is -0.446. The first-order chi connectivity index (χ1) is 7.57. The van der Waals surface area contributed by atoms with Crippen molar-refractivity contribution >= 4 is 7.82 Å². The Morgan fingerprint density at radius 2 is 1.47 bits per heavy atom. The minimum Gasteiger partial charge on any atom is -0.394 e. The number of hydrogen-bond donors (Lipinski definition) is 8. The summed E-state index contributed by atoms with van der Waals surface area (Å²) in [5.74, 6) is 0. The molecule has 9 N–H and O–H groups in total. The molecule has 0 aromatic rings. The molecule has 17 heavy (non-hydrogen) atoms. The molecule has 104 valence electrons. The molecule has 1 fully saturated rings. The molecule has 1 rings (SSSR count). The van der Waals surface area contributed by atoms with E-state index in [1.165, 1.54) is 0 Å². The minimum absolute atomic E-state index is 0.446. The Kier molecular flexibility index (Phi) is 6.66. The van der Waals surface area contributed by atoms with Crippen LogP contribution in [0, 0.1) is 0 Å². The summed E-state index contributed by atoms with van der Waals surface area (Å²) in [4.78, 5) is 21.6. The molecular formula is C6H16NO9P. The summed E-state index contributed by atoms with van der Waals surface area (Å²) >= 11 is 0. The summed E-state index contributed by atoms with van der Waals surface area (Å²) in [6.07, 6.45) is -5.99. The van der Waals surface area contributed by atoms with Crippen LogP contribution in [-0.4, -0.2) is 72.4 Å². The van der Waals surface area contributed by atoms with Crippen LogP contribution in [0.2, 0.25) is 0 Å².